The quantitative estimate of drug-likeness (QED) is 0.822. The SMILES string of the molecule is Cc1cc(C)n(CCCNC(=O)c2ccc(N3CCCC3=O)cc2)n1. The maximum atomic E-state index is 12.2. The number of hydrogen-bond acceptors (Lipinski definition) is 3. The molecule has 0 bridgehead atoms. The van der Waals surface area contributed by atoms with E-state index in [1.165, 1.54) is 0 Å². The van der Waals surface area contributed by atoms with E-state index in [1.54, 1.807) is 17.0 Å². The summed E-state index contributed by atoms with van der Waals surface area (Å²) in [5, 5.41) is 7.34. The van der Waals surface area contributed by atoms with Gasteiger partial charge in [-0.2, -0.15) is 5.10 Å². The summed E-state index contributed by atoms with van der Waals surface area (Å²) in [6.45, 7) is 6.16. The predicted molar refractivity (Wildman–Crippen MR) is 96.7 cm³/mol. The van der Waals surface area contributed by atoms with Gasteiger partial charge in [0.25, 0.3) is 5.91 Å². The molecule has 1 aromatic heterocycles. The number of rotatable bonds is 6. The molecule has 0 saturated carbocycles. The van der Waals surface area contributed by atoms with Crippen molar-refractivity contribution in [1.29, 1.82) is 0 Å². The highest BCUT2D eigenvalue weighted by molar-refractivity contribution is 5.97. The zero-order valence-electron chi connectivity index (χ0n) is 14.8. The molecule has 6 nitrogen and oxygen atoms in total. The zero-order valence-corrected chi connectivity index (χ0v) is 14.8. The molecule has 0 aliphatic carbocycles. The van der Waals surface area contributed by atoms with Crippen LogP contribution in [-0.2, 0) is 11.3 Å². The lowest BCUT2D eigenvalue weighted by Gasteiger charge is -2.15. The Morgan fingerprint density at radius 1 is 1.24 bits per heavy atom. The summed E-state index contributed by atoms with van der Waals surface area (Å²) in [6.07, 6.45) is 2.34. The Morgan fingerprint density at radius 2 is 2.00 bits per heavy atom. The van der Waals surface area contributed by atoms with Crippen LogP contribution >= 0.6 is 0 Å². The van der Waals surface area contributed by atoms with Crippen LogP contribution < -0.4 is 10.2 Å². The second-order valence-corrected chi connectivity index (χ2v) is 6.46. The molecule has 0 spiro atoms. The van der Waals surface area contributed by atoms with Gasteiger partial charge in [0.1, 0.15) is 0 Å². The van der Waals surface area contributed by atoms with Gasteiger partial charge in [-0.25, -0.2) is 0 Å². The molecule has 132 valence electrons. The largest absolute Gasteiger partial charge is 0.352 e. The molecule has 2 heterocycles. The van der Waals surface area contributed by atoms with Gasteiger partial charge in [0.2, 0.25) is 5.91 Å². The Balaban J connectivity index is 1.48. The smallest absolute Gasteiger partial charge is 0.251 e. The molecule has 2 aromatic rings. The van der Waals surface area contributed by atoms with E-state index in [0.29, 0.717) is 18.5 Å². The van der Waals surface area contributed by atoms with E-state index >= 15 is 0 Å². The summed E-state index contributed by atoms with van der Waals surface area (Å²) in [4.78, 5) is 25.7. The maximum absolute atomic E-state index is 12.2. The summed E-state index contributed by atoms with van der Waals surface area (Å²) in [5.74, 6) is 0.0639. The van der Waals surface area contributed by atoms with Gasteiger partial charge in [-0.3, -0.25) is 14.3 Å². The minimum absolute atomic E-state index is 0.0901. The Bertz CT molecular complexity index is 764. The van der Waals surface area contributed by atoms with Crippen LogP contribution in [0.5, 0.6) is 0 Å². The van der Waals surface area contributed by atoms with Crippen LogP contribution in [0.1, 0.15) is 41.0 Å². The maximum Gasteiger partial charge on any atom is 0.251 e. The second-order valence-electron chi connectivity index (χ2n) is 6.46. The van der Waals surface area contributed by atoms with Crippen molar-refractivity contribution in [2.24, 2.45) is 0 Å². The lowest BCUT2D eigenvalue weighted by atomic mass is 10.2. The van der Waals surface area contributed by atoms with Crippen molar-refractivity contribution in [3.63, 3.8) is 0 Å². The number of aromatic nitrogens is 2. The van der Waals surface area contributed by atoms with Crippen LogP contribution in [0.3, 0.4) is 0 Å². The number of aryl methyl sites for hydroxylation is 3. The van der Waals surface area contributed by atoms with Gasteiger partial charge >= 0.3 is 0 Å². The number of nitrogens with one attached hydrogen (secondary N) is 1. The molecule has 1 aliphatic heterocycles. The first kappa shape index (κ1) is 17.2. The Morgan fingerprint density at radius 3 is 2.60 bits per heavy atom. The molecule has 0 unspecified atom stereocenters. The first-order chi connectivity index (χ1) is 12.0. The molecule has 25 heavy (non-hydrogen) atoms. The minimum atomic E-state index is -0.0901. The number of nitrogens with zero attached hydrogens (tertiary/aromatic N) is 3. The first-order valence-electron chi connectivity index (χ1n) is 8.74. The van der Waals surface area contributed by atoms with Gasteiger partial charge in [-0.1, -0.05) is 0 Å². The highest BCUT2D eigenvalue weighted by Gasteiger charge is 2.21. The van der Waals surface area contributed by atoms with Gasteiger partial charge in [0.05, 0.1) is 5.69 Å². The number of carbonyl (C=O) groups is 2. The Kier molecular flexibility index (Phi) is 5.16. The summed E-state index contributed by atoms with van der Waals surface area (Å²) in [7, 11) is 0. The van der Waals surface area contributed by atoms with E-state index in [4.69, 9.17) is 0 Å². The molecule has 6 heteroatoms. The second kappa shape index (κ2) is 7.51. The summed E-state index contributed by atoms with van der Waals surface area (Å²) in [6, 6.07) is 9.28. The molecule has 0 radical (unpaired) electrons. The van der Waals surface area contributed by atoms with Crippen molar-refractivity contribution >= 4 is 17.5 Å². The fourth-order valence-electron chi connectivity index (χ4n) is 3.15. The van der Waals surface area contributed by atoms with Crippen LogP contribution in [0.4, 0.5) is 5.69 Å². The lowest BCUT2D eigenvalue weighted by molar-refractivity contribution is -0.117. The monoisotopic (exact) mass is 340 g/mol. The lowest BCUT2D eigenvalue weighted by Crippen LogP contribution is -2.26. The van der Waals surface area contributed by atoms with Crippen LogP contribution in [0.2, 0.25) is 0 Å². The van der Waals surface area contributed by atoms with Crippen LogP contribution in [0, 0.1) is 13.8 Å². The molecular weight excluding hydrogens is 316 g/mol. The average Bonchev–Trinajstić information content (AvgIpc) is 3.16. The first-order valence-corrected chi connectivity index (χ1v) is 8.74. The zero-order chi connectivity index (χ0) is 17.8. The third-order valence-corrected chi connectivity index (χ3v) is 4.45. The highest BCUT2D eigenvalue weighted by atomic mass is 16.2. The van der Waals surface area contributed by atoms with E-state index in [-0.39, 0.29) is 11.8 Å². The minimum Gasteiger partial charge on any atom is -0.352 e. The molecule has 0 atom stereocenters. The summed E-state index contributed by atoms with van der Waals surface area (Å²) < 4.78 is 1.96. The third kappa shape index (κ3) is 4.07. The van der Waals surface area contributed by atoms with Crippen molar-refractivity contribution in [3.8, 4) is 0 Å². The fourth-order valence-corrected chi connectivity index (χ4v) is 3.15. The normalized spacial score (nSPS) is 14.2. The number of amides is 2. The predicted octanol–water partition coefficient (Wildman–Crippen LogP) is 2.45. The molecule has 1 N–H and O–H groups in total. The van der Waals surface area contributed by atoms with E-state index in [9.17, 15) is 9.59 Å². The Labute approximate surface area is 147 Å². The van der Waals surface area contributed by atoms with Crippen LogP contribution in [0.15, 0.2) is 30.3 Å². The van der Waals surface area contributed by atoms with Gasteiger partial charge in [0.15, 0.2) is 0 Å². The number of hydrogen-bond donors (Lipinski definition) is 1. The van der Waals surface area contributed by atoms with Crippen molar-refractivity contribution < 1.29 is 9.59 Å². The van der Waals surface area contributed by atoms with Gasteiger partial charge in [0, 0.05) is 43.0 Å². The van der Waals surface area contributed by atoms with Crippen molar-refractivity contribution in [1.82, 2.24) is 15.1 Å². The number of benzene rings is 1. The number of anilines is 1. The molecule has 1 saturated heterocycles. The molecule has 3 rings (SSSR count). The molecule has 1 aromatic carbocycles. The van der Waals surface area contributed by atoms with E-state index in [0.717, 1.165) is 43.0 Å². The molecule has 1 aliphatic rings. The van der Waals surface area contributed by atoms with Crippen molar-refractivity contribution in [3.05, 3.63) is 47.3 Å². The fraction of sp³-hybridized carbons (Fsp3) is 0.421. The van der Waals surface area contributed by atoms with E-state index in [2.05, 4.69) is 10.4 Å². The van der Waals surface area contributed by atoms with E-state index < -0.39 is 0 Å². The van der Waals surface area contributed by atoms with Gasteiger partial charge in [-0.05, 0) is 57.0 Å². The van der Waals surface area contributed by atoms with Crippen LogP contribution in [-0.4, -0.2) is 34.7 Å². The van der Waals surface area contributed by atoms with Gasteiger partial charge in [-0.15, -0.1) is 0 Å². The molecule has 1 fully saturated rings. The standard InChI is InChI=1S/C19H24N4O2/c1-14-13-15(2)23(21-14)12-4-10-20-19(25)16-6-8-17(9-7-16)22-11-3-5-18(22)24/h6-9,13H,3-5,10-12H2,1-2H3,(H,20,25). The molecular formula is C19H24N4O2. The number of carbonyl (C=O) groups excluding carboxylic acids is 2. The highest BCUT2D eigenvalue weighted by Crippen LogP contribution is 2.21. The van der Waals surface area contributed by atoms with Crippen LogP contribution in [0.25, 0.3) is 0 Å². The van der Waals surface area contributed by atoms with E-state index in [1.807, 2.05) is 36.7 Å². The van der Waals surface area contributed by atoms with Gasteiger partial charge < -0.3 is 10.2 Å². The third-order valence-electron chi connectivity index (χ3n) is 4.45. The Hall–Kier alpha value is -2.63. The van der Waals surface area contributed by atoms with Crippen molar-refractivity contribution in [2.75, 3.05) is 18.0 Å². The summed E-state index contributed by atoms with van der Waals surface area (Å²) >= 11 is 0. The topological polar surface area (TPSA) is 67.2 Å². The summed E-state index contributed by atoms with van der Waals surface area (Å²) in [5.41, 5.74) is 3.62. The molecule has 2 amide bonds. The average molecular weight is 340 g/mol. The van der Waals surface area contributed by atoms with Crippen molar-refractivity contribution in [2.45, 2.75) is 39.7 Å².